The largest absolute Gasteiger partial charge is 0.508 e. The van der Waals surface area contributed by atoms with Gasteiger partial charge in [-0.2, -0.15) is 0 Å². The van der Waals surface area contributed by atoms with Crippen molar-refractivity contribution < 1.29 is 74.4 Å². The van der Waals surface area contributed by atoms with Gasteiger partial charge in [0.1, 0.15) is 77.0 Å². The van der Waals surface area contributed by atoms with Crippen molar-refractivity contribution >= 4 is 11.0 Å². The van der Waals surface area contributed by atoms with Crippen LogP contribution in [0.1, 0.15) is 0 Å². The molecule has 234 valence electrons. The molecule has 0 spiro atoms. The number of hydrogen-bond donors (Lipinski definition) is 10. The molecule has 2 aromatic carbocycles. The molecule has 10 atom stereocenters. The Balaban J connectivity index is 1.58. The summed E-state index contributed by atoms with van der Waals surface area (Å²) in [5, 5.41) is 100. The van der Waals surface area contributed by atoms with Crippen molar-refractivity contribution in [1.82, 2.24) is 0 Å². The molecule has 43 heavy (non-hydrogen) atoms. The highest BCUT2D eigenvalue weighted by molar-refractivity contribution is 5.88. The minimum atomic E-state index is -1.89. The van der Waals surface area contributed by atoms with Crippen LogP contribution in [-0.2, 0) is 9.47 Å². The molecule has 2 aliphatic rings. The summed E-state index contributed by atoms with van der Waals surface area (Å²) in [5.41, 5.74) is -1.11. The molecule has 2 fully saturated rings. The van der Waals surface area contributed by atoms with Crippen LogP contribution in [0.4, 0.5) is 0 Å². The summed E-state index contributed by atoms with van der Waals surface area (Å²) >= 11 is 0. The molecule has 0 radical (unpaired) electrons. The minimum Gasteiger partial charge on any atom is -0.508 e. The number of aliphatic hydroxyl groups is 8. The van der Waals surface area contributed by atoms with Crippen LogP contribution >= 0.6 is 0 Å². The predicted molar refractivity (Wildman–Crippen MR) is 140 cm³/mol. The molecule has 2 aliphatic heterocycles. The Kier molecular flexibility index (Phi) is 8.77. The standard InChI is InChI=1S/C27H30O16/c28-7-14-17(32)20(35)22(37)26(41-14)39-11-5-12(31)16-13(6-11)40-24(9-1-3-10(30)4-2-9)25(19(16)34)43-27-23(38)21(36)18(33)15(8-29)42-27/h1-6,14-15,17-18,20-23,26-33,35-38H,7-8H2/t14-,15-,17+,18+,20+,21+,22-,23-,26-,27+/m1/s1. The molecule has 1 aromatic heterocycles. The van der Waals surface area contributed by atoms with Gasteiger partial charge in [-0.15, -0.1) is 0 Å². The molecular weight excluding hydrogens is 580 g/mol. The van der Waals surface area contributed by atoms with Gasteiger partial charge in [0.25, 0.3) is 0 Å². The van der Waals surface area contributed by atoms with Crippen molar-refractivity contribution in [1.29, 1.82) is 0 Å². The van der Waals surface area contributed by atoms with Gasteiger partial charge in [0.15, 0.2) is 5.76 Å². The van der Waals surface area contributed by atoms with E-state index in [9.17, 15) is 55.9 Å². The van der Waals surface area contributed by atoms with Crippen molar-refractivity contribution in [2.45, 2.75) is 61.4 Å². The van der Waals surface area contributed by atoms with Crippen molar-refractivity contribution in [3.63, 3.8) is 0 Å². The van der Waals surface area contributed by atoms with Crippen LogP contribution in [0.3, 0.4) is 0 Å². The molecule has 10 N–H and O–H groups in total. The van der Waals surface area contributed by atoms with E-state index in [1.807, 2.05) is 0 Å². The predicted octanol–water partition coefficient (Wildman–Crippen LogP) is -2.77. The van der Waals surface area contributed by atoms with Crippen LogP contribution in [0.15, 0.2) is 45.6 Å². The third kappa shape index (κ3) is 5.73. The van der Waals surface area contributed by atoms with Gasteiger partial charge in [-0.05, 0) is 24.3 Å². The van der Waals surface area contributed by atoms with Crippen molar-refractivity contribution in [3.8, 4) is 34.3 Å². The minimum absolute atomic E-state index is 0.129. The van der Waals surface area contributed by atoms with E-state index in [1.165, 1.54) is 24.3 Å². The van der Waals surface area contributed by atoms with Gasteiger partial charge in [-0.1, -0.05) is 0 Å². The molecule has 5 rings (SSSR count). The van der Waals surface area contributed by atoms with Crippen molar-refractivity contribution in [3.05, 3.63) is 46.6 Å². The Morgan fingerprint density at radius 1 is 0.698 bits per heavy atom. The van der Waals surface area contributed by atoms with Gasteiger partial charge < -0.3 is 74.4 Å². The van der Waals surface area contributed by atoms with Crippen molar-refractivity contribution in [2.24, 2.45) is 0 Å². The number of hydrogen-bond acceptors (Lipinski definition) is 16. The fraction of sp³-hybridized carbons (Fsp3) is 0.444. The molecule has 0 amide bonds. The van der Waals surface area contributed by atoms with Crippen LogP contribution in [0, 0.1) is 0 Å². The number of aliphatic hydroxyl groups excluding tert-OH is 8. The maximum atomic E-state index is 13.7. The van der Waals surface area contributed by atoms with Gasteiger partial charge in [0.05, 0.1) is 13.2 Å². The summed E-state index contributed by atoms with van der Waals surface area (Å²) in [6.07, 6.45) is -16.6. The molecule has 0 aliphatic carbocycles. The van der Waals surface area contributed by atoms with Crippen LogP contribution < -0.4 is 14.9 Å². The lowest BCUT2D eigenvalue weighted by atomic mass is 9.99. The van der Waals surface area contributed by atoms with E-state index in [4.69, 9.17) is 23.4 Å². The summed E-state index contributed by atoms with van der Waals surface area (Å²) in [5.74, 6) is -1.96. The lowest BCUT2D eigenvalue weighted by molar-refractivity contribution is -0.277. The number of benzene rings is 2. The third-order valence-electron chi connectivity index (χ3n) is 7.22. The molecule has 3 aromatic rings. The van der Waals surface area contributed by atoms with Gasteiger partial charge in [0.2, 0.25) is 23.8 Å². The first-order chi connectivity index (χ1) is 20.4. The smallest absolute Gasteiger partial charge is 0.239 e. The van der Waals surface area contributed by atoms with Crippen LogP contribution in [0.25, 0.3) is 22.3 Å². The number of phenolic OH excluding ortho intramolecular Hbond substituents is 2. The van der Waals surface area contributed by atoms with Gasteiger partial charge in [-0.3, -0.25) is 4.79 Å². The second kappa shape index (κ2) is 12.2. The number of aromatic hydroxyl groups is 2. The van der Waals surface area contributed by atoms with E-state index < -0.39 is 96.9 Å². The van der Waals surface area contributed by atoms with E-state index >= 15 is 0 Å². The highest BCUT2D eigenvalue weighted by atomic mass is 16.7. The van der Waals surface area contributed by atoms with Gasteiger partial charge in [-0.25, -0.2) is 0 Å². The normalized spacial score (nSPS) is 32.9. The second-order valence-corrected chi connectivity index (χ2v) is 10.1. The molecule has 0 saturated carbocycles. The van der Waals surface area contributed by atoms with E-state index in [-0.39, 0.29) is 28.4 Å². The molecule has 0 bridgehead atoms. The van der Waals surface area contributed by atoms with Crippen LogP contribution in [-0.4, -0.2) is 126 Å². The Bertz CT molecular complexity index is 1490. The fourth-order valence-corrected chi connectivity index (χ4v) is 4.82. The summed E-state index contributed by atoms with van der Waals surface area (Å²) in [7, 11) is 0. The zero-order valence-electron chi connectivity index (χ0n) is 22.1. The Morgan fingerprint density at radius 3 is 1.77 bits per heavy atom. The summed E-state index contributed by atoms with van der Waals surface area (Å²) in [4.78, 5) is 13.7. The Hall–Kier alpha value is -3.55. The van der Waals surface area contributed by atoms with Crippen LogP contribution in [0.2, 0.25) is 0 Å². The summed E-state index contributed by atoms with van der Waals surface area (Å²) < 4.78 is 27.8. The number of fused-ring (bicyclic) bond motifs is 1. The second-order valence-electron chi connectivity index (χ2n) is 10.1. The summed E-state index contributed by atoms with van der Waals surface area (Å²) in [6, 6.07) is 7.35. The molecule has 0 unspecified atom stereocenters. The fourth-order valence-electron chi connectivity index (χ4n) is 4.82. The number of ether oxygens (including phenoxy) is 4. The molecular formula is C27H30O16. The zero-order valence-corrected chi connectivity index (χ0v) is 22.1. The highest BCUT2D eigenvalue weighted by Crippen LogP contribution is 2.38. The highest BCUT2D eigenvalue weighted by Gasteiger charge is 2.46. The van der Waals surface area contributed by atoms with E-state index in [1.54, 1.807) is 0 Å². The van der Waals surface area contributed by atoms with Gasteiger partial charge in [0, 0.05) is 17.7 Å². The van der Waals surface area contributed by atoms with E-state index in [2.05, 4.69) is 0 Å². The first kappa shape index (κ1) is 30.9. The zero-order chi connectivity index (χ0) is 31.2. The summed E-state index contributed by atoms with van der Waals surface area (Å²) in [6.45, 7) is -1.48. The van der Waals surface area contributed by atoms with Crippen molar-refractivity contribution in [2.75, 3.05) is 13.2 Å². The average molecular weight is 611 g/mol. The lowest BCUT2D eigenvalue weighted by Gasteiger charge is -2.39. The monoisotopic (exact) mass is 610 g/mol. The number of phenols is 2. The maximum Gasteiger partial charge on any atom is 0.239 e. The first-order valence-electron chi connectivity index (χ1n) is 13.0. The first-order valence-corrected chi connectivity index (χ1v) is 13.0. The Labute approximate surface area is 241 Å². The lowest BCUT2D eigenvalue weighted by Crippen LogP contribution is -2.60. The Morgan fingerprint density at radius 2 is 1.23 bits per heavy atom. The average Bonchev–Trinajstić information content (AvgIpc) is 2.98. The quantitative estimate of drug-likeness (QED) is 0.130. The number of rotatable bonds is 7. The third-order valence-corrected chi connectivity index (χ3v) is 7.22. The molecule has 16 nitrogen and oxygen atoms in total. The van der Waals surface area contributed by atoms with E-state index in [0.29, 0.717) is 0 Å². The molecule has 3 heterocycles. The van der Waals surface area contributed by atoms with Crippen LogP contribution in [0.5, 0.6) is 23.0 Å². The molecule has 2 saturated heterocycles. The van der Waals surface area contributed by atoms with Gasteiger partial charge >= 0.3 is 0 Å². The SMILES string of the molecule is O=c1c(O[C@@H]2O[C@H](CO)[C@H](O)[C@H](O)[C@H]2O)c(-c2ccc(O)cc2)oc2cc(O[C@@H]3O[C@H](CO)[C@H](O)[C@H](O)[C@H]3O)cc(O)c12. The van der Waals surface area contributed by atoms with E-state index in [0.717, 1.165) is 12.1 Å². The maximum absolute atomic E-state index is 13.7. The molecule has 16 heteroatoms. The topological polar surface area (TPSA) is 269 Å².